The van der Waals surface area contributed by atoms with Gasteiger partial charge in [0, 0.05) is 13.2 Å². The summed E-state index contributed by atoms with van der Waals surface area (Å²) in [5, 5.41) is 5.17. The van der Waals surface area contributed by atoms with Gasteiger partial charge >= 0.3 is 0 Å². The molecule has 0 saturated carbocycles. The minimum atomic E-state index is -0.804. The Labute approximate surface area is 135 Å². The Balaban J connectivity index is 1.48. The number of carbonyl (C=O) groups excluding carboxylic acids is 1. The molecule has 1 aliphatic rings. The Hall–Kier alpha value is -2.11. The van der Waals surface area contributed by atoms with E-state index in [1.165, 1.54) is 5.39 Å². The molecule has 122 valence electrons. The van der Waals surface area contributed by atoms with Gasteiger partial charge in [-0.2, -0.15) is 0 Å². The number of amides is 1. The summed E-state index contributed by atoms with van der Waals surface area (Å²) in [7, 11) is 0. The van der Waals surface area contributed by atoms with E-state index < -0.39 is 5.54 Å². The lowest BCUT2D eigenvalue weighted by atomic mass is 9.90. The van der Waals surface area contributed by atoms with Crippen molar-refractivity contribution in [2.24, 2.45) is 5.73 Å². The zero-order valence-corrected chi connectivity index (χ0v) is 13.1. The maximum absolute atomic E-state index is 12.2. The number of benzene rings is 2. The fourth-order valence-electron chi connectivity index (χ4n) is 2.73. The van der Waals surface area contributed by atoms with Gasteiger partial charge in [0.2, 0.25) is 5.91 Å². The van der Waals surface area contributed by atoms with Gasteiger partial charge < -0.3 is 20.5 Å². The van der Waals surface area contributed by atoms with Crippen LogP contribution in [0.25, 0.3) is 10.8 Å². The van der Waals surface area contributed by atoms with E-state index in [9.17, 15) is 4.79 Å². The first-order valence-electron chi connectivity index (χ1n) is 7.94. The van der Waals surface area contributed by atoms with E-state index in [1.54, 1.807) is 0 Å². The molecule has 1 fully saturated rings. The molecule has 1 amide bonds. The van der Waals surface area contributed by atoms with Crippen molar-refractivity contribution in [3.63, 3.8) is 0 Å². The van der Waals surface area contributed by atoms with Gasteiger partial charge in [-0.3, -0.25) is 4.79 Å². The van der Waals surface area contributed by atoms with E-state index in [1.807, 2.05) is 36.4 Å². The molecule has 0 aliphatic carbocycles. The fourth-order valence-corrected chi connectivity index (χ4v) is 2.73. The summed E-state index contributed by atoms with van der Waals surface area (Å²) >= 11 is 0. The van der Waals surface area contributed by atoms with E-state index in [0.717, 1.165) is 11.1 Å². The van der Waals surface area contributed by atoms with Crippen molar-refractivity contribution < 1.29 is 14.3 Å². The third-order valence-corrected chi connectivity index (χ3v) is 4.21. The third-order valence-electron chi connectivity index (χ3n) is 4.21. The van der Waals surface area contributed by atoms with E-state index in [0.29, 0.717) is 39.2 Å². The highest BCUT2D eigenvalue weighted by atomic mass is 16.5. The van der Waals surface area contributed by atoms with Crippen molar-refractivity contribution in [3.05, 3.63) is 42.5 Å². The Kier molecular flexibility index (Phi) is 4.79. The minimum Gasteiger partial charge on any atom is -0.492 e. The van der Waals surface area contributed by atoms with Crippen LogP contribution in [0.15, 0.2) is 42.5 Å². The summed E-state index contributed by atoms with van der Waals surface area (Å²) in [5.41, 5.74) is 5.32. The maximum atomic E-state index is 12.2. The Morgan fingerprint density at radius 2 is 1.91 bits per heavy atom. The molecule has 0 atom stereocenters. The van der Waals surface area contributed by atoms with Gasteiger partial charge in [-0.05, 0) is 35.7 Å². The molecule has 2 aromatic rings. The molecule has 0 aromatic heterocycles. The van der Waals surface area contributed by atoms with Gasteiger partial charge in [0.05, 0.1) is 12.1 Å². The molecule has 0 spiro atoms. The van der Waals surface area contributed by atoms with Crippen LogP contribution in [-0.2, 0) is 9.53 Å². The fraction of sp³-hybridized carbons (Fsp3) is 0.389. The number of carbonyl (C=O) groups is 1. The number of rotatable bonds is 5. The van der Waals surface area contributed by atoms with Gasteiger partial charge in [0.1, 0.15) is 12.4 Å². The van der Waals surface area contributed by atoms with Crippen LogP contribution in [0.2, 0.25) is 0 Å². The molecule has 0 radical (unpaired) electrons. The summed E-state index contributed by atoms with van der Waals surface area (Å²) in [4.78, 5) is 12.2. The van der Waals surface area contributed by atoms with Crippen LogP contribution in [0.4, 0.5) is 0 Å². The molecule has 1 heterocycles. The highest BCUT2D eigenvalue weighted by Gasteiger charge is 2.35. The summed E-state index contributed by atoms with van der Waals surface area (Å²) in [6.45, 7) is 1.93. The quantitative estimate of drug-likeness (QED) is 0.826. The molecule has 2 aromatic carbocycles. The molecule has 5 heteroatoms. The van der Waals surface area contributed by atoms with Crippen molar-refractivity contribution in [2.45, 2.75) is 18.4 Å². The predicted molar refractivity (Wildman–Crippen MR) is 89.4 cm³/mol. The molecule has 1 saturated heterocycles. The Morgan fingerprint density at radius 1 is 1.17 bits per heavy atom. The summed E-state index contributed by atoms with van der Waals surface area (Å²) < 4.78 is 11.0. The second-order valence-corrected chi connectivity index (χ2v) is 5.88. The summed E-state index contributed by atoms with van der Waals surface area (Å²) in [6, 6.07) is 14.1. The number of nitrogens with one attached hydrogen (secondary N) is 1. The molecule has 23 heavy (non-hydrogen) atoms. The molecule has 3 N–H and O–H groups in total. The van der Waals surface area contributed by atoms with Gasteiger partial charge in [0.15, 0.2) is 0 Å². The second-order valence-electron chi connectivity index (χ2n) is 5.88. The predicted octanol–water partition coefficient (Wildman–Crippen LogP) is 1.84. The van der Waals surface area contributed by atoms with Crippen molar-refractivity contribution in [2.75, 3.05) is 26.4 Å². The summed E-state index contributed by atoms with van der Waals surface area (Å²) in [5.74, 6) is 0.675. The van der Waals surface area contributed by atoms with E-state index in [4.69, 9.17) is 15.2 Å². The SMILES string of the molecule is NC1(C(=O)NCCOc2ccc3ccccc3c2)CCOCC1. The van der Waals surface area contributed by atoms with E-state index in [2.05, 4.69) is 11.4 Å². The molecule has 5 nitrogen and oxygen atoms in total. The first kappa shape index (κ1) is 15.8. The maximum Gasteiger partial charge on any atom is 0.240 e. The molecule has 3 rings (SSSR count). The van der Waals surface area contributed by atoms with Crippen LogP contribution in [0.1, 0.15) is 12.8 Å². The Bertz CT molecular complexity index is 681. The van der Waals surface area contributed by atoms with Crippen LogP contribution in [0.5, 0.6) is 5.75 Å². The highest BCUT2D eigenvalue weighted by molar-refractivity contribution is 5.86. The van der Waals surface area contributed by atoms with Crippen LogP contribution >= 0.6 is 0 Å². The van der Waals surface area contributed by atoms with Gasteiger partial charge in [0.25, 0.3) is 0 Å². The van der Waals surface area contributed by atoms with Gasteiger partial charge in [-0.15, -0.1) is 0 Å². The molecule has 1 aliphatic heterocycles. The molecule has 0 bridgehead atoms. The highest BCUT2D eigenvalue weighted by Crippen LogP contribution is 2.20. The van der Waals surface area contributed by atoms with Crippen LogP contribution in [-0.4, -0.2) is 37.8 Å². The monoisotopic (exact) mass is 314 g/mol. The zero-order chi connectivity index (χ0) is 16.1. The first-order chi connectivity index (χ1) is 11.2. The first-order valence-corrected chi connectivity index (χ1v) is 7.94. The molecular formula is C18H22N2O3. The average molecular weight is 314 g/mol. The van der Waals surface area contributed by atoms with E-state index in [-0.39, 0.29) is 5.91 Å². The van der Waals surface area contributed by atoms with Crippen LogP contribution < -0.4 is 15.8 Å². The minimum absolute atomic E-state index is 0.122. The van der Waals surface area contributed by atoms with Gasteiger partial charge in [-0.25, -0.2) is 0 Å². The van der Waals surface area contributed by atoms with Crippen LogP contribution in [0, 0.1) is 0 Å². The normalized spacial score (nSPS) is 16.9. The zero-order valence-electron chi connectivity index (χ0n) is 13.1. The molecular weight excluding hydrogens is 292 g/mol. The van der Waals surface area contributed by atoms with Gasteiger partial charge in [-0.1, -0.05) is 30.3 Å². The lowest BCUT2D eigenvalue weighted by Crippen LogP contribution is -2.57. The summed E-state index contributed by atoms with van der Waals surface area (Å²) in [6.07, 6.45) is 1.12. The lowest BCUT2D eigenvalue weighted by Gasteiger charge is -2.31. The van der Waals surface area contributed by atoms with Crippen molar-refractivity contribution in [3.8, 4) is 5.75 Å². The second kappa shape index (κ2) is 6.98. The Morgan fingerprint density at radius 3 is 2.70 bits per heavy atom. The number of hydrogen-bond acceptors (Lipinski definition) is 4. The van der Waals surface area contributed by atoms with Crippen molar-refractivity contribution in [1.29, 1.82) is 0 Å². The number of hydrogen-bond donors (Lipinski definition) is 2. The number of nitrogens with two attached hydrogens (primary N) is 1. The topological polar surface area (TPSA) is 73.6 Å². The third kappa shape index (κ3) is 3.81. The van der Waals surface area contributed by atoms with Crippen molar-refractivity contribution in [1.82, 2.24) is 5.32 Å². The van der Waals surface area contributed by atoms with Crippen LogP contribution in [0.3, 0.4) is 0 Å². The van der Waals surface area contributed by atoms with Crippen molar-refractivity contribution >= 4 is 16.7 Å². The smallest absolute Gasteiger partial charge is 0.240 e. The standard InChI is InChI=1S/C18H22N2O3/c19-18(7-10-22-11-8-18)17(21)20-9-12-23-16-6-5-14-3-1-2-4-15(14)13-16/h1-6,13H,7-12,19H2,(H,20,21). The average Bonchev–Trinajstić information content (AvgIpc) is 2.59. The lowest BCUT2D eigenvalue weighted by molar-refractivity contribution is -0.129. The molecule has 0 unspecified atom stereocenters. The number of ether oxygens (including phenoxy) is 2. The number of fused-ring (bicyclic) bond motifs is 1. The largest absolute Gasteiger partial charge is 0.492 e. The van der Waals surface area contributed by atoms with E-state index >= 15 is 0 Å².